The highest BCUT2D eigenvalue weighted by Crippen LogP contribution is 2.11. The van der Waals surface area contributed by atoms with Crippen LogP contribution in [0, 0.1) is 5.82 Å². The largest absolute Gasteiger partial charge is 0.289 e. The molecule has 0 amide bonds. The molecule has 0 saturated heterocycles. The van der Waals surface area contributed by atoms with E-state index in [1.165, 1.54) is 30.3 Å². The lowest BCUT2D eigenvalue weighted by atomic mass is 10.1. The number of carbonyl (C=O) groups is 1. The van der Waals surface area contributed by atoms with Crippen LogP contribution < -0.4 is 0 Å². The van der Waals surface area contributed by atoms with E-state index >= 15 is 0 Å². The first-order chi connectivity index (χ1) is 7.75. The van der Waals surface area contributed by atoms with Gasteiger partial charge in [0.15, 0.2) is 5.78 Å². The Labute approximate surface area is 96.9 Å². The molecular weight excluding hydrogens is 223 g/mol. The SMILES string of the molecule is O=C(C=Cc1cccs1)c1ccc(F)cc1. The standard InChI is InChI=1S/C13H9FOS/c14-11-5-3-10(4-6-11)13(15)8-7-12-2-1-9-16-12/h1-9H. The van der Waals surface area contributed by atoms with Crippen LogP contribution >= 0.6 is 11.3 Å². The summed E-state index contributed by atoms with van der Waals surface area (Å²) in [5.74, 6) is -0.452. The molecule has 2 rings (SSSR count). The maximum absolute atomic E-state index is 12.6. The number of rotatable bonds is 3. The summed E-state index contributed by atoms with van der Waals surface area (Å²) in [6.45, 7) is 0. The third kappa shape index (κ3) is 2.64. The van der Waals surface area contributed by atoms with Gasteiger partial charge in [-0.3, -0.25) is 4.79 Å². The van der Waals surface area contributed by atoms with E-state index in [2.05, 4.69) is 0 Å². The Hall–Kier alpha value is -1.74. The molecule has 0 aliphatic rings. The summed E-state index contributed by atoms with van der Waals surface area (Å²) in [6.07, 6.45) is 3.26. The summed E-state index contributed by atoms with van der Waals surface area (Å²) in [5.41, 5.74) is 0.495. The molecule has 0 saturated carbocycles. The molecule has 0 aliphatic carbocycles. The Bertz CT molecular complexity index is 497. The molecule has 1 heterocycles. The zero-order chi connectivity index (χ0) is 11.4. The van der Waals surface area contributed by atoms with E-state index in [9.17, 15) is 9.18 Å². The third-order valence-electron chi connectivity index (χ3n) is 2.07. The number of halogens is 1. The average molecular weight is 232 g/mol. The van der Waals surface area contributed by atoms with Crippen molar-refractivity contribution in [3.8, 4) is 0 Å². The molecule has 80 valence electrons. The zero-order valence-electron chi connectivity index (χ0n) is 8.39. The molecule has 0 radical (unpaired) electrons. The van der Waals surface area contributed by atoms with Crippen molar-refractivity contribution in [1.82, 2.24) is 0 Å². The number of thiophene rings is 1. The number of carbonyl (C=O) groups excluding carboxylic acids is 1. The summed E-state index contributed by atoms with van der Waals surface area (Å²) in [5, 5.41) is 1.95. The molecule has 0 aliphatic heterocycles. The maximum Gasteiger partial charge on any atom is 0.185 e. The molecule has 0 fully saturated rings. The van der Waals surface area contributed by atoms with Crippen molar-refractivity contribution in [2.75, 3.05) is 0 Å². The molecule has 16 heavy (non-hydrogen) atoms. The second-order valence-corrected chi connectivity index (χ2v) is 4.20. The number of hydrogen-bond donors (Lipinski definition) is 0. The highest BCUT2D eigenvalue weighted by molar-refractivity contribution is 7.10. The van der Waals surface area contributed by atoms with Gasteiger partial charge in [0.25, 0.3) is 0 Å². The van der Waals surface area contributed by atoms with Crippen LogP contribution in [0.3, 0.4) is 0 Å². The minimum absolute atomic E-state index is 0.117. The van der Waals surface area contributed by atoms with Gasteiger partial charge in [0.05, 0.1) is 0 Å². The molecule has 0 atom stereocenters. The van der Waals surface area contributed by atoms with Gasteiger partial charge in [-0.25, -0.2) is 4.39 Å². The second-order valence-electron chi connectivity index (χ2n) is 3.22. The van der Waals surface area contributed by atoms with Crippen molar-refractivity contribution in [3.63, 3.8) is 0 Å². The normalized spacial score (nSPS) is 10.8. The van der Waals surface area contributed by atoms with Crippen molar-refractivity contribution in [2.24, 2.45) is 0 Å². The molecule has 2 aromatic rings. The van der Waals surface area contributed by atoms with E-state index in [-0.39, 0.29) is 11.6 Å². The van der Waals surface area contributed by atoms with Crippen LogP contribution in [0.15, 0.2) is 47.9 Å². The lowest BCUT2D eigenvalue weighted by molar-refractivity contribution is 0.104. The Balaban J connectivity index is 2.11. The van der Waals surface area contributed by atoms with E-state index in [4.69, 9.17) is 0 Å². The molecule has 0 bridgehead atoms. The predicted molar refractivity (Wildman–Crippen MR) is 64.1 cm³/mol. The Morgan fingerprint density at radius 2 is 1.94 bits per heavy atom. The summed E-state index contributed by atoms with van der Waals surface area (Å²) in [7, 11) is 0. The average Bonchev–Trinajstić information content (AvgIpc) is 2.80. The van der Waals surface area contributed by atoms with Crippen LogP contribution in [0.5, 0.6) is 0 Å². The van der Waals surface area contributed by atoms with E-state index < -0.39 is 0 Å². The fourth-order valence-corrected chi connectivity index (χ4v) is 1.87. The molecule has 0 unspecified atom stereocenters. The van der Waals surface area contributed by atoms with Crippen molar-refractivity contribution in [1.29, 1.82) is 0 Å². The first-order valence-electron chi connectivity index (χ1n) is 4.77. The minimum atomic E-state index is -0.334. The zero-order valence-corrected chi connectivity index (χ0v) is 9.21. The van der Waals surface area contributed by atoms with Crippen LogP contribution in [0.4, 0.5) is 4.39 Å². The van der Waals surface area contributed by atoms with E-state index in [0.717, 1.165) is 4.88 Å². The maximum atomic E-state index is 12.6. The summed E-state index contributed by atoms with van der Waals surface area (Å²) >= 11 is 1.56. The van der Waals surface area contributed by atoms with Gasteiger partial charge in [-0.15, -0.1) is 11.3 Å². The van der Waals surface area contributed by atoms with Crippen LogP contribution in [-0.4, -0.2) is 5.78 Å². The van der Waals surface area contributed by atoms with Crippen LogP contribution in [0.2, 0.25) is 0 Å². The van der Waals surface area contributed by atoms with E-state index in [1.807, 2.05) is 17.5 Å². The van der Waals surface area contributed by atoms with Crippen molar-refractivity contribution < 1.29 is 9.18 Å². The number of ketones is 1. The van der Waals surface area contributed by atoms with E-state index in [1.54, 1.807) is 17.4 Å². The topological polar surface area (TPSA) is 17.1 Å². The number of benzene rings is 1. The summed E-state index contributed by atoms with van der Waals surface area (Å²) in [4.78, 5) is 12.7. The van der Waals surface area contributed by atoms with Gasteiger partial charge >= 0.3 is 0 Å². The smallest absolute Gasteiger partial charge is 0.185 e. The third-order valence-corrected chi connectivity index (χ3v) is 2.91. The van der Waals surface area contributed by atoms with Gasteiger partial charge in [0.1, 0.15) is 5.82 Å². The number of allylic oxidation sites excluding steroid dienone is 1. The van der Waals surface area contributed by atoms with Crippen LogP contribution in [-0.2, 0) is 0 Å². The molecule has 1 aromatic heterocycles. The molecule has 0 N–H and O–H groups in total. The first-order valence-corrected chi connectivity index (χ1v) is 5.65. The Morgan fingerprint density at radius 1 is 1.19 bits per heavy atom. The molecule has 3 heteroatoms. The highest BCUT2D eigenvalue weighted by atomic mass is 32.1. The van der Waals surface area contributed by atoms with Gasteiger partial charge in [-0.2, -0.15) is 0 Å². The fraction of sp³-hybridized carbons (Fsp3) is 0. The quantitative estimate of drug-likeness (QED) is 0.581. The number of hydrogen-bond acceptors (Lipinski definition) is 2. The van der Waals surface area contributed by atoms with Crippen LogP contribution in [0.25, 0.3) is 6.08 Å². The van der Waals surface area contributed by atoms with Crippen molar-refractivity contribution >= 4 is 23.2 Å². The lowest BCUT2D eigenvalue weighted by Gasteiger charge is -1.94. The molecule has 0 spiro atoms. The first kappa shape index (κ1) is 10.8. The van der Waals surface area contributed by atoms with Crippen molar-refractivity contribution in [3.05, 3.63) is 64.1 Å². The predicted octanol–water partition coefficient (Wildman–Crippen LogP) is 3.78. The lowest BCUT2D eigenvalue weighted by Crippen LogP contribution is -1.93. The fourth-order valence-electron chi connectivity index (χ4n) is 1.25. The highest BCUT2D eigenvalue weighted by Gasteiger charge is 2.01. The molecular formula is C13H9FOS. The van der Waals surface area contributed by atoms with E-state index in [0.29, 0.717) is 5.56 Å². The van der Waals surface area contributed by atoms with Gasteiger partial charge < -0.3 is 0 Å². The minimum Gasteiger partial charge on any atom is -0.289 e. The second kappa shape index (κ2) is 4.86. The summed E-state index contributed by atoms with van der Waals surface area (Å²) in [6, 6.07) is 9.39. The monoisotopic (exact) mass is 232 g/mol. The van der Waals surface area contributed by atoms with Gasteiger partial charge in [-0.1, -0.05) is 6.07 Å². The Morgan fingerprint density at radius 3 is 2.56 bits per heavy atom. The molecule has 1 aromatic carbocycles. The van der Waals surface area contributed by atoms with Gasteiger partial charge in [0.2, 0.25) is 0 Å². The van der Waals surface area contributed by atoms with Gasteiger partial charge in [-0.05, 0) is 47.9 Å². The van der Waals surface area contributed by atoms with Gasteiger partial charge in [0, 0.05) is 10.4 Å². The molecule has 1 nitrogen and oxygen atoms in total. The van der Waals surface area contributed by atoms with Crippen LogP contribution in [0.1, 0.15) is 15.2 Å². The van der Waals surface area contributed by atoms with Crippen molar-refractivity contribution in [2.45, 2.75) is 0 Å². The Kier molecular flexibility index (Phi) is 3.27. The summed E-state index contributed by atoms with van der Waals surface area (Å²) < 4.78 is 12.6.